The monoisotopic (exact) mass is 351 g/mol. The van der Waals surface area contributed by atoms with E-state index in [-0.39, 0.29) is 18.2 Å². The Kier molecular flexibility index (Phi) is 6.75. The summed E-state index contributed by atoms with van der Waals surface area (Å²) < 4.78 is 5.13. The Balaban J connectivity index is 2.05. The highest BCUT2D eigenvalue weighted by Gasteiger charge is 2.17. The Morgan fingerprint density at radius 1 is 1.12 bits per heavy atom. The molecule has 2 aromatic rings. The third-order valence-electron chi connectivity index (χ3n) is 3.81. The number of hydrogen-bond donors (Lipinski definition) is 2. The lowest BCUT2D eigenvalue weighted by Gasteiger charge is -2.18. The number of nitrogens with zero attached hydrogens (tertiary/aromatic N) is 1. The maximum Gasteiger partial charge on any atom is 0.226 e. The van der Waals surface area contributed by atoms with Crippen LogP contribution in [-0.4, -0.2) is 18.9 Å². The van der Waals surface area contributed by atoms with Gasteiger partial charge in [-0.2, -0.15) is 5.26 Å². The summed E-state index contributed by atoms with van der Waals surface area (Å²) in [4.78, 5) is 23.9. The van der Waals surface area contributed by atoms with Crippen LogP contribution < -0.4 is 15.4 Å². The lowest BCUT2D eigenvalue weighted by molar-refractivity contribution is -0.120. The van der Waals surface area contributed by atoms with E-state index in [0.717, 1.165) is 11.1 Å². The normalized spacial score (nSPS) is 11.1. The molecule has 0 saturated carbocycles. The Morgan fingerprint density at radius 3 is 2.31 bits per heavy atom. The van der Waals surface area contributed by atoms with Crippen molar-refractivity contribution >= 4 is 17.5 Å². The first kappa shape index (κ1) is 19.0. The predicted molar refractivity (Wildman–Crippen MR) is 98.6 cm³/mol. The highest BCUT2D eigenvalue weighted by atomic mass is 16.5. The first-order valence-electron chi connectivity index (χ1n) is 8.18. The summed E-state index contributed by atoms with van der Waals surface area (Å²) in [5.41, 5.74) is 2.35. The van der Waals surface area contributed by atoms with Crippen LogP contribution in [0.15, 0.2) is 48.5 Å². The largest absolute Gasteiger partial charge is 0.497 e. The molecule has 0 bridgehead atoms. The lowest BCUT2D eigenvalue weighted by atomic mass is 10.0. The zero-order valence-corrected chi connectivity index (χ0v) is 14.8. The van der Waals surface area contributed by atoms with Gasteiger partial charge >= 0.3 is 0 Å². The second kappa shape index (κ2) is 9.23. The molecule has 6 nitrogen and oxygen atoms in total. The topological polar surface area (TPSA) is 91.2 Å². The maximum atomic E-state index is 12.4. The Labute approximate surface area is 152 Å². The van der Waals surface area contributed by atoms with Crippen LogP contribution in [-0.2, 0) is 16.0 Å². The fourth-order valence-corrected chi connectivity index (χ4v) is 2.53. The number of anilines is 1. The predicted octanol–water partition coefficient (Wildman–Crippen LogP) is 2.97. The summed E-state index contributed by atoms with van der Waals surface area (Å²) in [5, 5.41) is 14.3. The molecule has 26 heavy (non-hydrogen) atoms. The fraction of sp³-hybridized carbons (Fsp3) is 0.250. The minimum Gasteiger partial charge on any atom is -0.497 e. The highest BCUT2D eigenvalue weighted by Crippen LogP contribution is 2.21. The molecular formula is C20H21N3O3. The van der Waals surface area contributed by atoms with Crippen LogP contribution in [0.1, 0.15) is 30.5 Å². The molecular weight excluding hydrogens is 330 g/mol. The second-order valence-electron chi connectivity index (χ2n) is 5.81. The quantitative estimate of drug-likeness (QED) is 0.802. The van der Waals surface area contributed by atoms with E-state index in [1.807, 2.05) is 12.1 Å². The first-order chi connectivity index (χ1) is 12.5. The van der Waals surface area contributed by atoms with Gasteiger partial charge in [-0.3, -0.25) is 9.59 Å². The van der Waals surface area contributed by atoms with E-state index in [1.165, 1.54) is 6.92 Å². The molecule has 0 saturated heterocycles. The molecule has 2 N–H and O–H groups in total. The number of methoxy groups -OCH3 is 1. The van der Waals surface area contributed by atoms with Crippen molar-refractivity contribution in [2.45, 2.75) is 25.8 Å². The van der Waals surface area contributed by atoms with Gasteiger partial charge in [0.2, 0.25) is 11.8 Å². The van der Waals surface area contributed by atoms with Crippen molar-refractivity contribution < 1.29 is 14.3 Å². The number of amides is 2. The van der Waals surface area contributed by atoms with E-state index in [9.17, 15) is 9.59 Å². The van der Waals surface area contributed by atoms with Crippen molar-refractivity contribution in [1.29, 1.82) is 5.26 Å². The number of benzene rings is 2. The molecule has 0 fully saturated rings. The molecule has 134 valence electrons. The molecule has 0 radical (unpaired) electrons. The molecule has 1 atom stereocenters. The van der Waals surface area contributed by atoms with Gasteiger partial charge < -0.3 is 15.4 Å². The van der Waals surface area contributed by atoms with Crippen molar-refractivity contribution in [3.63, 3.8) is 0 Å². The Bertz CT molecular complexity index is 793. The number of nitrogens with one attached hydrogen (secondary N) is 2. The molecule has 2 amide bonds. The van der Waals surface area contributed by atoms with Crippen molar-refractivity contribution in [3.8, 4) is 11.8 Å². The SMILES string of the molecule is COc1ccc([C@@H](CC(=O)Nc2ccc(CC#N)cc2)NC(C)=O)cc1. The average Bonchev–Trinajstić information content (AvgIpc) is 2.63. The fourth-order valence-electron chi connectivity index (χ4n) is 2.53. The minimum absolute atomic E-state index is 0.103. The molecule has 0 aliphatic rings. The van der Waals surface area contributed by atoms with Gasteiger partial charge in [-0.1, -0.05) is 24.3 Å². The lowest BCUT2D eigenvalue weighted by Crippen LogP contribution is -2.29. The van der Waals surface area contributed by atoms with Crippen LogP contribution in [0.5, 0.6) is 5.75 Å². The minimum atomic E-state index is -0.434. The van der Waals surface area contributed by atoms with E-state index in [0.29, 0.717) is 17.9 Å². The van der Waals surface area contributed by atoms with E-state index >= 15 is 0 Å². The molecule has 2 aromatic carbocycles. The summed E-state index contributed by atoms with van der Waals surface area (Å²) in [6.07, 6.45) is 0.433. The molecule has 0 unspecified atom stereocenters. The van der Waals surface area contributed by atoms with Crippen molar-refractivity contribution in [2.24, 2.45) is 0 Å². The van der Waals surface area contributed by atoms with E-state index in [4.69, 9.17) is 10.00 Å². The number of ether oxygens (including phenoxy) is 1. The molecule has 6 heteroatoms. The highest BCUT2D eigenvalue weighted by molar-refractivity contribution is 5.91. The summed E-state index contributed by atoms with van der Waals surface area (Å²) >= 11 is 0. The summed E-state index contributed by atoms with van der Waals surface area (Å²) in [6, 6.07) is 16.0. The number of nitriles is 1. The zero-order chi connectivity index (χ0) is 18.9. The maximum absolute atomic E-state index is 12.4. The molecule has 0 spiro atoms. The molecule has 0 aliphatic heterocycles. The van der Waals surface area contributed by atoms with E-state index in [1.54, 1.807) is 43.5 Å². The van der Waals surface area contributed by atoms with Crippen molar-refractivity contribution in [2.75, 3.05) is 12.4 Å². The first-order valence-corrected chi connectivity index (χ1v) is 8.18. The van der Waals surface area contributed by atoms with Gasteiger partial charge in [0.05, 0.1) is 32.1 Å². The van der Waals surface area contributed by atoms with Gasteiger partial charge in [0.1, 0.15) is 5.75 Å². The van der Waals surface area contributed by atoms with Crippen molar-refractivity contribution in [3.05, 3.63) is 59.7 Å². The average molecular weight is 351 g/mol. The Hall–Kier alpha value is -3.33. The smallest absolute Gasteiger partial charge is 0.226 e. The standard InChI is InChI=1S/C20H21N3O3/c1-14(24)22-19(16-5-9-18(26-2)10-6-16)13-20(25)23-17-7-3-15(4-8-17)11-12-21/h3-10,19H,11,13H2,1-2H3,(H,22,24)(H,23,25)/t19-/m1/s1. The second-order valence-corrected chi connectivity index (χ2v) is 5.81. The van der Waals surface area contributed by atoms with Gasteiger partial charge in [-0.25, -0.2) is 0 Å². The molecule has 0 aliphatic carbocycles. The van der Waals surface area contributed by atoms with Crippen LogP contribution in [0.4, 0.5) is 5.69 Å². The van der Waals surface area contributed by atoms with Gasteiger partial charge in [0, 0.05) is 12.6 Å². The number of hydrogen-bond acceptors (Lipinski definition) is 4. The molecule has 0 heterocycles. The number of carbonyl (C=O) groups is 2. The van der Waals surface area contributed by atoms with E-state index in [2.05, 4.69) is 16.7 Å². The number of carbonyl (C=O) groups excluding carboxylic acids is 2. The van der Waals surface area contributed by atoms with Crippen LogP contribution in [0.2, 0.25) is 0 Å². The molecule has 2 rings (SSSR count). The third kappa shape index (κ3) is 5.64. The van der Waals surface area contributed by atoms with E-state index < -0.39 is 6.04 Å². The number of rotatable bonds is 7. The third-order valence-corrected chi connectivity index (χ3v) is 3.81. The summed E-state index contributed by atoms with van der Waals surface area (Å²) in [6.45, 7) is 1.42. The zero-order valence-electron chi connectivity index (χ0n) is 14.8. The van der Waals surface area contributed by atoms with Gasteiger partial charge in [-0.05, 0) is 35.4 Å². The van der Waals surface area contributed by atoms with Gasteiger partial charge in [-0.15, -0.1) is 0 Å². The van der Waals surface area contributed by atoms with Crippen LogP contribution in [0.25, 0.3) is 0 Å². The van der Waals surface area contributed by atoms with Crippen LogP contribution in [0.3, 0.4) is 0 Å². The van der Waals surface area contributed by atoms with Crippen molar-refractivity contribution in [1.82, 2.24) is 5.32 Å². The van der Waals surface area contributed by atoms with Gasteiger partial charge in [0.25, 0.3) is 0 Å². The Morgan fingerprint density at radius 2 is 1.77 bits per heavy atom. The van der Waals surface area contributed by atoms with Crippen LogP contribution >= 0.6 is 0 Å². The molecule has 0 aromatic heterocycles. The summed E-state index contributed by atoms with van der Waals surface area (Å²) in [7, 11) is 1.58. The van der Waals surface area contributed by atoms with Gasteiger partial charge in [0.15, 0.2) is 0 Å². The summed E-state index contributed by atoms with van der Waals surface area (Å²) in [5.74, 6) is 0.282. The van der Waals surface area contributed by atoms with Crippen LogP contribution in [0, 0.1) is 11.3 Å².